The molecule has 2 N–H and O–H groups in total. The standard InChI is InChI=1S/C17H14FN7O/c18-7-8-25-10-12(9-19-25)16(26)22-17-21-15(23-24-17)14-6-5-11-3-1-2-4-13(11)20-14/h1-6,9-10H,7-8H2,(H2,21,22,23,24,26). The van der Waals surface area contributed by atoms with Gasteiger partial charge in [0.2, 0.25) is 5.95 Å². The van der Waals surface area contributed by atoms with Gasteiger partial charge < -0.3 is 0 Å². The molecule has 130 valence electrons. The zero-order valence-electron chi connectivity index (χ0n) is 13.6. The zero-order chi connectivity index (χ0) is 17.9. The number of rotatable bonds is 5. The average Bonchev–Trinajstić information content (AvgIpc) is 3.31. The highest BCUT2D eigenvalue weighted by Crippen LogP contribution is 2.18. The first kappa shape index (κ1) is 15.9. The number of halogens is 1. The molecule has 0 spiro atoms. The minimum absolute atomic E-state index is 0.103. The number of aryl methyl sites for hydroxylation is 1. The van der Waals surface area contributed by atoms with E-state index in [0.29, 0.717) is 17.1 Å². The molecule has 9 heteroatoms. The quantitative estimate of drug-likeness (QED) is 0.575. The summed E-state index contributed by atoms with van der Waals surface area (Å²) in [5.41, 5.74) is 1.76. The van der Waals surface area contributed by atoms with Crippen LogP contribution in [0.3, 0.4) is 0 Å². The summed E-state index contributed by atoms with van der Waals surface area (Å²) in [4.78, 5) is 21.0. The Hall–Kier alpha value is -3.62. The van der Waals surface area contributed by atoms with Gasteiger partial charge in [-0.1, -0.05) is 24.3 Å². The number of amides is 1. The van der Waals surface area contributed by atoms with Crippen LogP contribution in [-0.2, 0) is 6.54 Å². The number of nitrogens with zero attached hydrogens (tertiary/aromatic N) is 5. The van der Waals surface area contributed by atoms with Gasteiger partial charge in [0.15, 0.2) is 5.82 Å². The summed E-state index contributed by atoms with van der Waals surface area (Å²) >= 11 is 0. The maximum absolute atomic E-state index is 12.3. The number of aromatic nitrogens is 6. The molecule has 3 aromatic heterocycles. The van der Waals surface area contributed by atoms with E-state index in [0.717, 1.165) is 10.9 Å². The molecular formula is C17H14FN7O. The van der Waals surface area contributed by atoms with Gasteiger partial charge in [-0.3, -0.25) is 19.9 Å². The van der Waals surface area contributed by atoms with Crippen LogP contribution in [0.15, 0.2) is 48.8 Å². The number of hydrogen-bond donors (Lipinski definition) is 2. The number of alkyl halides is 1. The number of pyridine rings is 1. The van der Waals surface area contributed by atoms with Crippen LogP contribution in [0.1, 0.15) is 10.4 Å². The molecule has 0 atom stereocenters. The molecule has 0 fully saturated rings. The maximum atomic E-state index is 12.3. The zero-order valence-corrected chi connectivity index (χ0v) is 13.6. The Bertz CT molecular complexity index is 1070. The van der Waals surface area contributed by atoms with Crippen molar-refractivity contribution < 1.29 is 9.18 Å². The van der Waals surface area contributed by atoms with E-state index in [1.54, 1.807) is 0 Å². The number of carbonyl (C=O) groups excluding carboxylic acids is 1. The van der Waals surface area contributed by atoms with Gasteiger partial charge >= 0.3 is 0 Å². The van der Waals surface area contributed by atoms with E-state index in [1.165, 1.54) is 17.1 Å². The smallest absolute Gasteiger partial charge is 0.261 e. The predicted molar refractivity (Wildman–Crippen MR) is 93.3 cm³/mol. The van der Waals surface area contributed by atoms with Crippen molar-refractivity contribution in [3.8, 4) is 11.5 Å². The van der Waals surface area contributed by atoms with Gasteiger partial charge in [0.05, 0.1) is 23.8 Å². The van der Waals surface area contributed by atoms with Crippen LogP contribution in [0.4, 0.5) is 10.3 Å². The lowest BCUT2D eigenvalue weighted by Gasteiger charge is -1.99. The lowest BCUT2D eigenvalue weighted by atomic mass is 10.2. The molecule has 4 rings (SSSR count). The number of H-pyrrole nitrogens is 1. The molecule has 0 saturated heterocycles. The molecule has 0 aliphatic rings. The number of anilines is 1. The highest BCUT2D eigenvalue weighted by Gasteiger charge is 2.13. The summed E-state index contributed by atoms with van der Waals surface area (Å²) in [6.45, 7) is -0.447. The Labute approximate surface area is 147 Å². The summed E-state index contributed by atoms with van der Waals surface area (Å²) in [5.74, 6) is 0.143. The minimum Gasteiger partial charge on any atom is -0.289 e. The summed E-state index contributed by atoms with van der Waals surface area (Å²) in [7, 11) is 0. The minimum atomic E-state index is -0.550. The molecule has 26 heavy (non-hydrogen) atoms. The second-order valence-electron chi connectivity index (χ2n) is 5.53. The third kappa shape index (κ3) is 3.14. The van der Waals surface area contributed by atoms with E-state index >= 15 is 0 Å². The number of hydrogen-bond acceptors (Lipinski definition) is 5. The van der Waals surface area contributed by atoms with Gasteiger partial charge in [-0.05, 0) is 12.1 Å². The van der Waals surface area contributed by atoms with Gasteiger partial charge in [-0.2, -0.15) is 10.1 Å². The second kappa shape index (κ2) is 6.71. The van der Waals surface area contributed by atoms with Crippen LogP contribution in [0.2, 0.25) is 0 Å². The molecule has 0 aliphatic carbocycles. The lowest BCUT2D eigenvalue weighted by Crippen LogP contribution is -2.12. The van der Waals surface area contributed by atoms with E-state index in [1.807, 2.05) is 36.4 Å². The normalized spacial score (nSPS) is 11.0. The molecule has 0 saturated carbocycles. The summed E-state index contributed by atoms with van der Waals surface area (Å²) in [6.07, 6.45) is 2.83. The highest BCUT2D eigenvalue weighted by atomic mass is 19.1. The Morgan fingerprint density at radius 1 is 1.19 bits per heavy atom. The molecule has 8 nitrogen and oxygen atoms in total. The number of benzene rings is 1. The lowest BCUT2D eigenvalue weighted by molar-refractivity contribution is 0.102. The fourth-order valence-corrected chi connectivity index (χ4v) is 2.49. The number of nitrogens with one attached hydrogen (secondary N) is 2. The Kier molecular flexibility index (Phi) is 4.10. The molecule has 4 aromatic rings. The summed E-state index contributed by atoms with van der Waals surface area (Å²) in [6, 6.07) is 11.5. The molecule has 0 aliphatic heterocycles. The SMILES string of the molecule is O=C(Nc1n[nH]c(-c2ccc3ccccc3n2)n1)c1cnn(CCF)c1. The van der Waals surface area contributed by atoms with E-state index in [4.69, 9.17) is 0 Å². The Morgan fingerprint density at radius 3 is 2.96 bits per heavy atom. The largest absolute Gasteiger partial charge is 0.289 e. The molecule has 0 bridgehead atoms. The van der Waals surface area contributed by atoms with Gasteiger partial charge in [-0.15, -0.1) is 5.10 Å². The van der Waals surface area contributed by atoms with Gasteiger partial charge in [0.1, 0.15) is 12.4 Å². The fraction of sp³-hybridized carbons (Fsp3) is 0.118. The second-order valence-corrected chi connectivity index (χ2v) is 5.53. The van der Waals surface area contributed by atoms with Crippen molar-refractivity contribution >= 4 is 22.8 Å². The summed E-state index contributed by atoms with van der Waals surface area (Å²) in [5, 5.41) is 14.3. The first-order valence-corrected chi connectivity index (χ1v) is 7.91. The Morgan fingerprint density at radius 2 is 2.08 bits per heavy atom. The van der Waals surface area contributed by atoms with Crippen LogP contribution in [0.25, 0.3) is 22.4 Å². The van der Waals surface area contributed by atoms with Crippen molar-refractivity contribution in [3.63, 3.8) is 0 Å². The molecule has 1 amide bonds. The van der Waals surface area contributed by atoms with Crippen molar-refractivity contribution in [2.24, 2.45) is 0 Å². The monoisotopic (exact) mass is 351 g/mol. The third-order valence-electron chi connectivity index (χ3n) is 3.76. The first-order chi connectivity index (χ1) is 12.7. The molecule has 1 aromatic carbocycles. The van der Waals surface area contributed by atoms with Crippen LogP contribution in [0.5, 0.6) is 0 Å². The van der Waals surface area contributed by atoms with Gasteiger partial charge in [0.25, 0.3) is 5.91 Å². The van der Waals surface area contributed by atoms with E-state index in [-0.39, 0.29) is 12.5 Å². The highest BCUT2D eigenvalue weighted by molar-refractivity contribution is 6.03. The van der Waals surface area contributed by atoms with Crippen molar-refractivity contribution in [2.45, 2.75) is 6.54 Å². The molecule has 0 unspecified atom stereocenters. The molecule has 0 radical (unpaired) electrons. The van der Waals surface area contributed by atoms with Gasteiger partial charge in [0, 0.05) is 11.6 Å². The average molecular weight is 351 g/mol. The number of aromatic amines is 1. The van der Waals surface area contributed by atoms with Gasteiger partial charge in [-0.25, -0.2) is 9.37 Å². The summed E-state index contributed by atoms with van der Waals surface area (Å²) < 4.78 is 13.7. The molecular weight excluding hydrogens is 337 g/mol. The first-order valence-electron chi connectivity index (χ1n) is 7.91. The predicted octanol–water partition coefficient (Wildman–Crippen LogP) is 2.44. The van der Waals surface area contributed by atoms with Crippen LogP contribution < -0.4 is 5.32 Å². The number of fused-ring (bicyclic) bond motifs is 1. The van der Waals surface area contributed by atoms with E-state index < -0.39 is 12.6 Å². The Balaban J connectivity index is 1.52. The van der Waals surface area contributed by atoms with Crippen molar-refractivity contribution in [1.29, 1.82) is 0 Å². The van der Waals surface area contributed by atoms with E-state index in [9.17, 15) is 9.18 Å². The van der Waals surface area contributed by atoms with E-state index in [2.05, 4.69) is 30.6 Å². The van der Waals surface area contributed by atoms with Crippen LogP contribution in [0, 0.1) is 0 Å². The number of carbonyl (C=O) groups is 1. The maximum Gasteiger partial charge on any atom is 0.261 e. The third-order valence-corrected chi connectivity index (χ3v) is 3.76. The van der Waals surface area contributed by atoms with Crippen molar-refractivity contribution in [2.75, 3.05) is 12.0 Å². The topological polar surface area (TPSA) is 101 Å². The van der Waals surface area contributed by atoms with Crippen molar-refractivity contribution in [1.82, 2.24) is 29.9 Å². The van der Waals surface area contributed by atoms with Crippen LogP contribution in [-0.4, -0.2) is 42.5 Å². The van der Waals surface area contributed by atoms with Crippen molar-refractivity contribution in [3.05, 3.63) is 54.4 Å². The molecule has 3 heterocycles. The number of para-hydroxylation sites is 1. The fourth-order valence-electron chi connectivity index (χ4n) is 2.49. The van der Waals surface area contributed by atoms with Crippen LogP contribution >= 0.6 is 0 Å².